The monoisotopic (exact) mass is 246 g/mol. The molecule has 0 aliphatic heterocycles. The smallest absolute Gasteiger partial charge is 0.128 e. The normalized spacial score (nSPS) is 11.1. The molecule has 0 N–H and O–H groups in total. The number of fused-ring (bicyclic) bond motifs is 1. The molecule has 2 rings (SSSR count). The number of hydrogen-bond acceptors (Lipinski definition) is 2. The molecule has 0 unspecified atom stereocenters. The highest BCUT2D eigenvalue weighted by Gasteiger charge is 2.08. The third-order valence-corrected chi connectivity index (χ3v) is 3.22. The lowest BCUT2D eigenvalue weighted by Gasteiger charge is -2.12. The quantitative estimate of drug-likeness (QED) is 0.793. The van der Waals surface area contributed by atoms with E-state index in [4.69, 9.17) is 4.74 Å². The second-order valence-corrected chi connectivity index (χ2v) is 5.25. The first-order chi connectivity index (χ1) is 8.11. The average molecular weight is 246 g/mol. The van der Waals surface area contributed by atoms with Crippen LogP contribution in [0.4, 0.5) is 0 Å². The van der Waals surface area contributed by atoms with E-state index in [1.807, 2.05) is 12.1 Å². The summed E-state index contributed by atoms with van der Waals surface area (Å²) in [5.41, 5.74) is 1.32. The van der Waals surface area contributed by atoms with Crippen molar-refractivity contribution < 1.29 is 4.74 Å². The molecule has 2 aromatic rings. The molecular formula is C15H18OS. The maximum absolute atomic E-state index is 5.48. The summed E-state index contributed by atoms with van der Waals surface area (Å²) in [5.74, 6) is 1.57. The Morgan fingerprint density at radius 2 is 2.00 bits per heavy atom. The van der Waals surface area contributed by atoms with Gasteiger partial charge in [-0.3, -0.25) is 0 Å². The van der Waals surface area contributed by atoms with Gasteiger partial charge in [-0.2, -0.15) is 0 Å². The van der Waals surface area contributed by atoms with Gasteiger partial charge >= 0.3 is 0 Å². The van der Waals surface area contributed by atoms with Gasteiger partial charge in [0.05, 0.1) is 7.11 Å². The molecule has 0 amide bonds. The lowest BCUT2D eigenvalue weighted by atomic mass is 9.99. The van der Waals surface area contributed by atoms with E-state index in [9.17, 15) is 0 Å². The molecule has 2 aromatic carbocycles. The molecule has 0 aliphatic carbocycles. The predicted octanol–water partition coefficient (Wildman–Crippen LogP) is 4.34. The molecule has 0 saturated carbocycles. The molecule has 0 bridgehead atoms. The minimum atomic E-state index is 0.649. The lowest BCUT2D eigenvalue weighted by Crippen LogP contribution is -1.96. The summed E-state index contributed by atoms with van der Waals surface area (Å²) in [4.78, 5) is 0.968. The summed E-state index contributed by atoms with van der Waals surface area (Å²) in [6.07, 6.45) is 1.07. The van der Waals surface area contributed by atoms with Gasteiger partial charge in [0.1, 0.15) is 5.75 Å². The van der Waals surface area contributed by atoms with E-state index in [-0.39, 0.29) is 0 Å². The second-order valence-electron chi connectivity index (χ2n) is 4.77. The first-order valence-corrected chi connectivity index (χ1v) is 6.35. The second kappa shape index (κ2) is 5.01. The van der Waals surface area contributed by atoms with Gasteiger partial charge in [-0.15, -0.1) is 12.6 Å². The van der Waals surface area contributed by atoms with Crippen molar-refractivity contribution in [3.8, 4) is 5.75 Å². The van der Waals surface area contributed by atoms with E-state index >= 15 is 0 Å². The maximum Gasteiger partial charge on any atom is 0.128 e. The highest BCUT2D eigenvalue weighted by atomic mass is 32.1. The first kappa shape index (κ1) is 12.3. The van der Waals surface area contributed by atoms with Gasteiger partial charge in [0.25, 0.3) is 0 Å². The van der Waals surface area contributed by atoms with Crippen molar-refractivity contribution in [2.45, 2.75) is 25.2 Å². The van der Waals surface area contributed by atoms with Gasteiger partial charge in [-0.1, -0.05) is 32.0 Å². The van der Waals surface area contributed by atoms with Crippen LogP contribution in [0.3, 0.4) is 0 Å². The standard InChI is InChI=1S/C15H18OS/c1-10(2)7-11-8-12-5-4-6-14(17)15(12)13(9-11)16-3/h4-6,8-10,17H,7H2,1-3H3. The fraction of sp³-hybridized carbons (Fsp3) is 0.333. The van der Waals surface area contributed by atoms with Crippen LogP contribution in [-0.4, -0.2) is 7.11 Å². The number of hydrogen-bond donors (Lipinski definition) is 1. The van der Waals surface area contributed by atoms with Crippen LogP contribution in [0.5, 0.6) is 5.75 Å². The predicted molar refractivity (Wildman–Crippen MR) is 76.3 cm³/mol. The Balaban J connectivity index is 2.62. The molecule has 0 atom stereocenters. The average Bonchev–Trinajstić information content (AvgIpc) is 2.27. The molecule has 2 heteroatoms. The number of benzene rings is 2. The fourth-order valence-electron chi connectivity index (χ4n) is 2.18. The summed E-state index contributed by atoms with van der Waals surface area (Å²) in [5, 5.41) is 2.30. The van der Waals surface area contributed by atoms with Gasteiger partial charge in [-0.25, -0.2) is 0 Å². The van der Waals surface area contributed by atoms with Crippen LogP contribution in [0.15, 0.2) is 35.2 Å². The Morgan fingerprint density at radius 3 is 2.65 bits per heavy atom. The molecule has 0 aliphatic rings. The number of ether oxygens (including phenoxy) is 1. The van der Waals surface area contributed by atoms with Gasteiger partial charge in [-0.05, 0) is 35.4 Å². The van der Waals surface area contributed by atoms with E-state index in [1.54, 1.807) is 7.11 Å². The molecule has 17 heavy (non-hydrogen) atoms. The zero-order chi connectivity index (χ0) is 12.4. The van der Waals surface area contributed by atoms with Crippen LogP contribution in [0.1, 0.15) is 19.4 Å². The van der Waals surface area contributed by atoms with E-state index in [1.165, 1.54) is 10.9 Å². The molecule has 0 saturated heterocycles. The number of rotatable bonds is 3. The van der Waals surface area contributed by atoms with Crippen molar-refractivity contribution >= 4 is 23.4 Å². The van der Waals surface area contributed by atoms with Crippen LogP contribution in [0, 0.1) is 5.92 Å². The highest BCUT2D eigenvalue weighted by Crippen LogP contribution is 2.33. The van der Waals surface area contributed by atoms with E-state index < -0.39 is 0 Å². The van der Waals surface area contributed by atoms with Crippen molar-refractivity contribution in [1.29, 1.82) is 0 Å². The van der Waals surface area contributed by atoms with Crippen LogP contribution in [-0.2, 0) is 6.42 Å². The van der Waals surface area contributed by atoms with Crippen molar-refractivity contribution in [2.75, 3.05) is 7.11 Å². The Morgan fingerprint density at radius 1 is 1.24 bits per heavy atom. The van der Waals surface area contributed by atoms with Crippen LogP contribution >= 0.6 is 12.6 Å². The summed E-state index contributed by atoms with van der Waals surface area (Å²) < 4.78 is 5.48. The Labute approximate surface area is 108 Å². The number of thiol groups is 1. The largest absolute Gasteiger partial charge is 0.496 e. The molecule has 0 heterocycles. The minimum absolute atomic E-state index is 0.649. The van der Waals surface area contributed by atoms with Gasteiger partial charge in [0, 0.05) is 10.3 Å². The molecule has 0 radical (unpaired) electrons. The van der Waals surface area contributed by atoms with Crippen molar-refractivity contribution in [1.82, 2.24) is 0 Å². The van der Waals surface area contributed by atoms with Crippen LogP contribution in [0.2, 0.25) is 0 Å². The molecule has 1 nitrogen and oxygen atoms in total. The van der Waals surface area contributed by atoms with E-state index in [2.05, 4.69) is 44.7 Å². The molecular weight excluding hydrogens is 228 g/mol. The van der Waals surface area contributed by atoms with Gasteiger partial charge in [0.15, 0.2) is 0 Å². The summed E-state index contributed by atoms with van der Waals surface area (Å²) in [6, 6.07) is 10.5. The Hall–Kier alpha value is -1.15. The third-order valence-electron chi connectivity index (χ3n) is 2.84. The van der Waals surface area contributed by atoms with Crippen LogP contribution in [0.25, 0.3) is 10.8 Å². The van der Waals surface area contributed by atoms with Crippen molar-refractivity contribution in [3.05, 3.63) is 35.9 Å². The maximum atomic E-state index is 5.48. The molecule has 0 aromatic heterocycles. The zero-order valence-corrected chi connectivity index (χ0v) is 11.4. The third kappa shape index (κ3) is 2.58. The van der Waals surface area contributed by atoms with Gasteiger partial charge in [0.2, 0.25) is 0 Å². The topological polar surface area (TPSA) is 9.23 Å². The van der Waals surface area contributed by atoms with Crippen LogP contribution < -0.4 is 4.74 Å². The summed E-state index contributed by atoms with van der Waals surface area (Å²) >= 11 is 4.50. The number of methoxy groups -OCH3 is 1. The van der Waals surface area contributed by atoms with E-state index in [0.29, 0.717) is 5.92 Å². The Bertz CT molecular complexity index is 532. The molecule has 90 valence electrons. The summed E-state index contributed by atoms with van der Waals surface area (Å²) in [7, 11) is 1.72. The molecule has 0 spiro atoms. The van der Waals surface area contributed by atoms with Crippen molar-refractivity contribution in [2.24, 2.45) is 5.92 Å². The van der Waals surface area contributed by atoms with E-state index in [0.717, 1.165) is 22.5 Å². The van der Waals surface area contributed by atoms with Gasteiger partial charge < -0.3 is 4.74 Å². The molecule has 0 fully saturated rings. The fourth-order valence-corrected chi connectivity index (χ4v) is 2.50. The minimum Gasteiger partial charge on any atom is -0.496 e. The summed E-state index contributed by atoms with van der Waals surface area (Å²) in [6.45, 7) is 4.46. The Kier molecular flexibility index (Phi) is 3.63. The lowest BCUT2D eigenvalue weighted by molar-refractivity contribution is 0.418. The highest BCUT2D eigenvalue weighted by molar-refractivity contribution is 7.80. The van der Waals surface area contributed by atoms with Crippen molar-refractivity contribution in [3.63, 3.8) is 0 Å². The zero-order valence-electron chi connectivity index (χ0n) is 10.5. The SMILES string of the molecule is COc1cc(CC(C)C)cc2cccc(S)c12. The first-order valence-electron chi connectivity index (χ1n) is 5.90.